The maximum Gasteiger partial charge on any atom is 0.0704 e. The van der Waals surface area contributed by atoms with Crippen LogP contribution in [0.5, 0.6) is 0 Å². The van der Waals surface area contributed by atoms with E-state index in [0.717, 1.165) is 18.4 Å². The van der Waals surface area contributed by atoms with Crippen LogP contribution in [-0.2, 0) is 12.8 Å². The minimum absolute atomic E-state index is 0.207. The van der Waals surface area contributed by atoms with Gasteiger partial charge in [0.1, 0.15) is 0 Å². The number of benzene rings is 2. The summed E-state index contributed by atoms with van der Waals surface area (Å²) in [5.74, 6) is 5.75. The van der Waals surface area contributed by atoms with E-state index in [1.54, 1.807) is 0 Å². The average molecular weight is 277 g/mol. The number of nitrogens with zero attached hydrogens (tertiary/aromatic N) is 1. The first-order valence-corrected chi connectivity index (χ1v) is 7.19. The predicted molar refractivity (Wildman–Crippen MR) is 86.7 cm³/mol. The highest BCUT2D eigenvalue weighted by atomic mass is 15.2. The molecule has 0 aliphatic rings. The lowest BCUT2D eigenvalue weighted by Crippen LogP contribution is -2.38. The summed E-state index contributed by atoms with van der Waals surface area (Å²) in [6.07, 6.45) is 3.66. The first kappa shape index (κ1) is 13.7. The molecule has 3 heteroatoms. The zero-order chi connectivity index (χ0) is 14.5. The van der Waals surface area contributed by atoms with Crippen molar-refractivity contribution in [1.82, 2.24) is 10.4 Å². The van der Waals surface area contributed by atoms with E-state index in [2.05, 4.69) is 52.9 Å². The van der Waals surface area contributed by atoms with Gasteiger partial charge < -0.3 is 0 Å². The molecule has 0 spiro atoms. The lowest BCUT2D eigenvalue weighted by molar-refractivity contribution is 0.524. The minimum atomic E-state index is 0.207. The van der Waals surface area contributed by atoms with Crippen molar-refractivity contribution in [2.75, 3.05) is 0 Å². The number of nitrogens with one attached hydrogen (secondary N) is 1. The Balaban J connectivity index is 1.82. The second-order valence-electron chi connectivity index (χ2n) is 5.24. The van der Waals surface area contributed by atoms with Crippen molar-refractivity contribution in [3.8, 4) is 0 Å². The van der Waals surface area contributed by atoms with Crippen molar-refractivity contribution < 1.29 is 0 Å². The van der Waals surface area contributed by atoms with Gasteiger partial charge >= 0.3 is 0 Å². The van der Waals surface area contributed by atoms with Gasteiger partial charge in [0.15, 0.2) is 0 Å². The molecule has 0 fully saturated rings. The van der Waals surface area contributed by atoms with Crippen LogP contribution in [0.4, 0.5) is 0 Å². The van der Waals surface area contributed by atoms with Gasteiger partial charge in [0, 0.05) is 17.6 Å². The number of pyridine rings is 1. The van der Waals surface area contributed by atoms with Gasteiger partial charge in [-0.15, -0.1) is 0 Å². The fourth-order valence-corrected chi connectivity index (χ4v) is 2.69. The third kappa shape index (κ3) is 3.27. The van der Waals surface area contributed by atoms with Crippen LogP contribution in [0.15, 0.2) is 66.9 Å². The van der Waals surface area contributed by atoms with Crippen molar-refractivity contribution in [2.24, 2.45) is 5.84 Å². The zero-order valence-electron chi connectivity index (χ0n) is 11.9. The van der Waals surface area contributed by atoms with E-state index in [0.29, 0.717) is 0 Å². The number of rotatable bonds is 5. The average Bonchev–Trinajstić information content (AvgIpc) is 2.55. The molecule has 0 aliphatic heterocycles. The summed E-state index contributed by atoms with van der Waals surface area (Å²) >= 11 is 0. The molecular weight excluding hydrogens is 258 g/mol. The molecule has 0 saturated heterocycles. The van der Waals surface area contributed by atoms with Crippen LogP contribution in [-0.4, -0.2) is 11.0 Å². The number of aromatic nitrogens is 1. The van der Waals surface area contributed by atoms with Gasteiger partial charge in [-0.2, -0.15) is 0 Å². The summed E-state index contributed by atoms with van der Waals surface area (Å²) in [4.78, 5) is 4.41. The summed E-state index contributed by atoms with van der Waals surface area (Å²) in [6.45, 7) is 0. The standard InChI is InChI=1S/C18H19N3/c19-21-16(12-14-6-2-1-3-7-14)13-15-10-11-20-18-9-5-4-8-17(15)18/h1-11,16,21H,12-13,19H2. The first-order chi connectivity index (χ1) is 10.4. The van der Waals surface area contributed by atoms with Crippen LogP contribution in [0, 0.1) is 0 Å². The normalized spacial score (nSPS) is 12.4. The van der Waals surface area contributed by atoms with Gasteiger partial charge in [-0.25, -0.2) is 0 Å². The molecule has 3 rings (SSSR count). The Hall–Kier alpha value is -2.23. The van der Waals surface area contributed by atoms with Gasteiger partial charge in [0.25, 0.3) is 0 Å². The molecule has 1 heterocycles. The van der Waals surface area contributed by atoms with Gasteiger partial charge in [-0.05, 0) is 36.1 Å². The van der Waals surface area contributed by atoms with E-state index >= 15 is 0 Å². The fraction of sp³-hybridized carbons (Fsp3) is 0.167. The van der Waals surface area contributed by atoms with Crippen LogP contribution >= 0.6 is 0 Å². The summed E-state index contributed by atoms with van der Waals surface area (Å²) in [5, 5.41) is 1.20. The number of hydrogen-bond acceptors (Lipinski definition) is 3. The van der Waals surface area contributed by atoms with E-state index in [1.165, 1.54) is 16.5 Å². The molecule has 1 unspecified atom stereocenters. The zero-order valence-corrected chi connectivity index (χ0v) is 11.9. The number of hydrogen-bond donors (Lipinski definition) is 2. The molecule has 0 bridgehead atoms. The summed E-state index contributed by atoms with van der Waals surface area (Å²) in [5.41, 5.74) is 6.54. The number of para-hydroxylation sites is 1. The second kappa shape index (κ2) is 6.48. The van der Waals surface area contributed by atoms with Crippen molar-refractivity contribution >= 4 is 10.9 Å². The lowest BCUT2D eigenvalue weighted by Gasteiger charge is -2.17. The molecule has 2 aromatic carbocycles. The fourth-order valence-electron chi connectivity index (χ4n) is 2.69. The molecule has 3 aromatic rings. The Morgan fingerprint density at radius 2 is 1.67 bits per heavy atom. The van der Waals surface area contributed by atoms with Crippen LogP contribution < -0.4 is 11.3 Å². The van der Waals surface area contributed by atoms with Crippen LogP contribution in [0.2, 0.25) is 0 Å². The number of nitrogens with two attached hydrogens (primary N) is 1. The van der Waals surface area contributed by atoms with E-state index < -0.39 is 0 Å². The Morgan fingerprint density at radius 1 is 0.905 bits per heavy atom. The molecule has 1 aromatic heterocycles. The Kier molecular flexibility index (Phi) is 4.24. The van der Waals surface area contributed by atoms with Crippen molar-refractivity contribution in [2.45, 2.75) is 18.9 Å². The molecule has 0 amide bonds. The van der Waals surface area contributed by atoms with E-state index in [1.807, 2.05) is 24.4 Å². The lowest BCUT2D eigenvalue weighted by atomic mass is 9.97. The van der Waals surface area contributed by atoms with Crippen LogP contribution in [0.3, 0.4) is 0 Å². The number of hydrazine groups is 1. The maximum atomic E-state index is 5.75. The van der Waals surface area contributed by atoms with E-state index in [-0.39, 0.29) is 6.04 Å². The summed E-state index contributed by atoms with van der Waals surface area (Å²) < 4.78 is 0. The highest BCUT2D eigenvalue weighted by Crippen LogP contribution is 2.18. The van der Waals surface area contributed by atoms with Gasteiger partial charge in [0.2, 0.25) is 0 Å². The SMILES string of the molecule is NNC(Cc1ccccc1)Cc1ccnc2ccccc12. The van der Waals surface area contributed by atoms with Gasteiger partial charge in [-0.1, -0.05) is 48.5 Å². The van der Waals surface area contributed by atoms with Crippen LogP contribution in [0.1, 0.15) is 11.1 Å². The molecule has 3 nitrogen and oxygen atoms in total. The third-order valence-corrected chi connectivity index (χ3v) is 3.77. The molecule has 0 aliphatic carbocycles. The largest absolute Gasteiger partial charge is 0.271 e. The Morgan fingerprint density at radius 3 is 2.48 bits per heavy atom. The summed E-state index contributed by atoms with van der Waals surface area (Å²) in [7, 11) is 0. The molecular formula is C18H19N3. The van der Waals surface area contributed by atoms with Gasteiger partial charge in [-0.3, -0.25) is 16.3 Å². The molecule has 106 valence electrons. The third-order valence-electron chi connectivity index (χ3n) is 3.77. The van der Waals surface area contributed by atoms with Crippen molar-refractivity contribution in [3.63, 3.8) is 0 Å². The van der Waals surface area contributed by atoms with Crippen LogP contribution in [0.25, 0.3) is 10.9 Å². The van der Waals surface area contributed by atoms with Crippen molar-refractivity contribution in [3.05, 3.63) is 78.0 Å². The quantitative estimate of drug-likeness (QED) is 0.557. The maximum absolute atomic E-state index is 5.75. The van der Waals surface area contributed by atoms with E-state index in [9.17, 15) is 0 Å². The van der Waals surface area contributed by atoms with Crippen molar-refractivity contribution in [1.29, 1.82) is 0 Å². The minimum Gasteiger partial charge on any atom is -0.271 e. The Labute approximate surface area is 124 Å². The highest BCUT2D eigenvalue weighted by Gasteiger charge is 2.11. The highest BCUT2D eigenvalue weighted by molar-refractivity contribution is 5.81. The van der Waals surface area contributed by atoms with Gasteiger partial charge in [0.05, 0.1) is 5.52 Å². The molecule has 1 atom stereocenters. The smallest absolute Gasteiger partial charge is 0.0704 e. The molecule has 3 N–H and O–H groups in total. The first-order valence-electron chi connectivity index (χ1n) is 7.19. The summed E-state index contributed by atoms with van der Waals surface area (Å²) in [6, 6.07) is 20.9. The molecule has 0 saturated carbocycles. The topological polar surface area (TPSA) is 50.9 Å². The predicted octanol–water partition coefficient (Wildman–Crippen LogP) is 2.85. The second-order valence-corrected chi connectivity index (χ2v) is 5.24. The monoisotopic (exact) mass is 277 g/mol. The van der Waals surface area contributed by atoms with E-state index in [4.69, 9.17) is 5.84 Å². The number of fused-ring (bicyclic) bond motifs is 1. The Bertz CT molecular complexity index is 704. The molecule has 21 heavy (non-hydrogen) atoms. The molecule has 0 radical (unpaired) electrons.